The third-order valence-electron chi connectivity index (χ3n) is 2.83. The second kappa shape index (κ2) is 7.51. The predicted octanol–water partition coefficient (Wildman–Crippen LogP) is 3.67. The van der Waals surface area contributed by atoms with Gasteiger partial charge in [0.2, 0.25) is 0 Å². The third kappa shape index (κ3) is 3.87. The quantitative estimate of drug-likeness (QED) is 0.764. The van der Waals surface area contributed by atoms with Crippen LogP contribution in [0.5, 0.6) is 11.5 Å². The van der Waals surface area contributed by atoms with Crippen LogP contribution in [0.1, 0.15) is 23.7 Å². The highest BCUT2D eigenvalue weighted by Crippen LogP contribution is 2.33. The molecule has 0 fully saturated rings. The SMILES string of the molecule is CCOc1cccc(CCl)c1OCc1ccnc(C#N)c1. The molecule has 1 heterocycles. The molecule has 0 aliphatic carbocycles. The Morgan fingerprint density at radius 1 is 1.29 bits per heavy atom. The number of halogens is 1. The number of aromatic nitrogens is 1. The molecule has 4 nitrogen and oxygen atoms in total. The standard InChI is InChI=1S/C16H15ClN2O2/c1-2-20-15-5-3-4-13(9-17)16(15)21-11-12-6-7-19-14(8-12)10-18/h3-8H,2,9,11H2,1H3. The van der Waals surface area contributed by atoms with Gasteiger partial charge in [-0.2, -0.15) is 5.26 Å². The van der Waals surface area contributed by atoms with E-state index in [1.807, 2.05) is 37.3 Å². The first-order valence-electron chi connectivity index (χ1n) is 6.57. The number of alkyl halides is 1. The number of hydrogen-bond acceptors (Lipinski definition) is 4. The van der Waals surface area contributed by atoms with Gasteiger partial charge in [-0.15, -0.1) is 11.6 Å². The molecule has 0 atom stereocenters. The van der Waals surface area contributed by atoms with Crippen molar-refractivity contribution in [3.05, 3.63) is 53.3 Å². The number of hydrogen-bond donors (Lipinski definition) is 0. The lowest BCUT2D eigenvalue weighted by Gasteiger charge is -2.15. The normalized spacial score (nSPS) is 9.95. The molecule has 0 aliphatic heterocycles. The summed E-state index contributed by atoms with van der Waals surface area (Å²) in [7, 11) is 0. The van der Waals surface area contributed by atoms with E-state index in [0.717, 1.165) is 11.1 Å². The lowest BCUT2D eigenvalue weighted by Crippen LogP contribution is -2.02. The summed E-state index contributed by atoms with van der Waals surface area (Å²) in [6.45, 7) is 2.79. The van der Waals surface area contributed by atoms with Crippen LogP contribution < -0.4 is 9.47 Å². The van der Waals surface area contributed by atoms with Crippen LogP contribution in [0.4, 0.5) is 0 Å². The van der Waals surface area contributed by atoms with Crippen LogP contribution in [0.15, 0.2) is 36.5 Å². The maximum atomic E-state index is 8.85. The van der Waals surface area contributed by atoms with Crippen LogP contribution in [-0.2, 0) is 12.5 Å². The summed E-state index contributed by atoms with van der Waals surface area (Å²) in [5.41, 5.74) is 2.11. The van der Waals surface area contributed by atoms with Gasteiger partial charge in [0.1, 0.15) is 18.4 Å². The molecule has 2 rings (SSSR count). The number of pyridine rings is 1. The van der Waals surface area contributed by atoms with Gasteiger partial charge in [-0.25, -0.2) is 4.98 Å². The van der Waals surface area contributed by atoms with Gasteiger partial charge in [-0.05, 0) is 30.7 Å². The zero-order chi connectivity index (χ0) is 15.1. The maximum absolute atomic E-state index is 8.85. The van der Waals surface area contributed by atoms with E-state index in [2.05, 4.69) is 4.98 Å². The molecule has 5 heteroatoms. The Morgan fingerprint density at radius 3 is 2.86 bits per heavy atom. The topological polar surface area (TPSA) is 55.1 Å². The summed E-state index contributed by atoms with van der Waals surface area (Å²) < 4.78 is 11.4. The summed E-state index contributed by atoms with van der Waals surface area (Å²) in [5, 5.41) is 8.85. The van der Waals surface area contributed by atoms with E-state index in [1.54, 1.807) is 12.3 Å². The lowest BCUT2D eigenvalue weighted by molar-refractivity contribution is 0.267. The number of ether oxygens (including phenoxy) is 2. The van der Waals surface area contributed by atoms with Gasteiger partial charge in [-0.3, -0.25) is 0 Å². The monoisotopic (exact) mass is 302 g/mol. The summed E-state index contributed by atoms with van der Waals surface area (Å²) in [6, 6.07) is 11.2. The number of rotatable bonds is 6. The molecule has 0 N–H and O–H groups in total. The van der Waals surface area contributed by atoms with E-state index < -0.39 is 0 Å². The minimum atomic E-state index is 0.325. The predicted molar refractivity (Wildman–Crippen MR) is 80.5 cm³/mol. The van der Waals surface area contributed by atoms with Crippen molar-refractivity contribution in [2.75, 3.05) is 6.61 Å². The van der Waals surface area contributed by atoms with Gasteiger partial charge < -0.3 is 9.47 Å². The summed E-state index contributed by atoms with van der Waals surface area (Å²) >= 11 is 5.95. The van der Waals surface area contributed by atoms with Crippen LogP contribution in [0.2, 0.25) is 0 Å². The molecule has 0 unspecified atom stereocenters. The first-order chi connectivity index (χ1) is 10.3. The fourth-order valence-corrected chi connectivity index (χ4v) is 2.09. The molecule has 0 spiro atoms. The Balaban J connectivity index is 2.20. The Kier molecular flexibility index (Phi) is 5.42. The molecule has 21 heavy (non-hydrogen) atoms. The number of nitrogens with zero attached hydrogens (tertiary/aromatic N) is 2. The molecule has 0 saturated heterocycles. The molecule has 0 bridgehead atoms. The summed E-state index contributed by atoms with van der Waals surface area (Å²) in [5.74, 6) is 1.66. The van der Waals surface area contributed by atoms with Crippen LogP contribution in [0.25, 0.3) is 0 Å². The molecule has 0 amide bonds. The van der Waals surface area contributed by atoms with E-state index in [1.165, 1.54) is 0 Å². The highest BCUT2D eigenvalue weighted by Gasteiger charge is 2.11. The number of benzene rings is 1. The minimum absolute atomic E-state index is 0.325. The van der Waals surface area contributed by atoms with Gasteiger partial charge in [0.25, 0.3) is 0 Å². The average molecular weight is 303 g/mol. The average Bonchev–Trinajstić information content (AvgIpc) is 2.54. The molecule has 1 aromatic carbocycles. The Morgan fingerprint density at radius 2 is 2.14 bits per heavy atom. The van der Waals surface area contributed by atoms with Crippen LogP contribution >= 0.6 is 11.6 Å². The Bertz CT molecular complexity index is 653. The molecular formula is C16H15ClN2O2. The highest BCUT2D eigenvalue weighted by atomic mass is 35.5. The van der Waals surface area contributed by atoms with Crippen molar-refractivity contribution in [2.45, 2.75) is 19.4 Å². The van der Waals surface area contributed by atoms with Gasteiger partial charge in [0.15, 0.2) is 11.5 Å². The smallest absolute Gasteiger partial charge is 0.166 e. The fourth-order valence-electron chi connectivity index (χ4n) is 1.88. The van der Waals surface area contributed by atoms with E-state index in [0.29, 0.717) is 36.3 Å². The van der Waals surface area contributed by atoms with Crippen LogP contribution in [-0.4, -0.2) is 11.6 Å². The van der Waals surface area contributed by atoms with E-state index in [9.17, 15) is 0 Å². The van der Waals surface area contributed by atoms with Crippen molar-refractivity contribution < 1.29 is 9.47 Å². The molecule has 0 aliphatic rings. The first kappa shape index (κ1) is 15.1. The zero-order valence-corrected chi connectivity index (χ0v) is 12.4. The van der Waals surface area contributed by atoms with Crippen molar-refractivity contribution in [2.24, 2.45) is 0 Å². The molecule has 2 aromatic rings. The highest BCUT2D eigenvalue weighted by molar-refractivity contribution is 6.17. The maximum Gasteiger partial charge on any atom is 0.166 e. The number of para-hydroxylation sites is 1. The minimum Gasteiger partial charge on any atom is -0.490 e. The van der Waals surface area contributed by atoms with E-state index in [-0.39, 0.29) is 0 Å². The van der Waals surface area contributed by atoms with Crippen LogP contribution in [0, 0.1) is 11.3 Å². The first-order valence-corrected chi connectivity index (χ1v) is 7.10. The van der Waals surface area contributed by atoms with Crippen molar-refractivity contribution >= 4 is 11.6 Å². The third-order valence-corrected chi connectivity index (χ3v) is 3.11. The summed E-state index contributed by atoms with van der Waals surface area (Å²) in [6.07, 6.45) is 1.59. The van der Waals surface area contributed by atoms with Crippen LogP contribution in [0.3, 0.4) is 0 Å². The fraction of sp³-hybridized carbons (Fsp3) is 0.250. The second-order valence-electron chi connectivity index (χ2n) is 4.26. The largest absolute Gasteiger partial charge is 0.490 e. The van der Waals surface area contributed by atoms with Gasteiger partial charge in [0.05, 0.1) is 12.5 Å². The summed E-state index contributed by atoms with van der Waals surface area (Å²) in [4.78, 5) is 3.93. The molecule has 108 valence electrons. The molecule has 0 radical (unpaired) electrons. The zero-order valence-electron chi connectivity index (χ0n) is 11.7. The molecular weight excluding hydrogens is 288 g/mol. The van der Waals surface area contributed by atoms with Gasteiger partial charge in [-0.1, -0.05) is 12.1 Å². The number of nitriles is 1. The van der Waals surface area contributed by atoms with Crippen molar-refractivity contribution in [1.29, 1.82) is 5.26 Å². The lowest BCUT2D eigenvalue weighted by atomic mass is 10.2. The van der Waals surface area contributed by atoms with Crippen molar-refractivity contribution in [3.8, 4) is 17.6 Å². The van der Waals surface area contributed by atoms with E-state index >= 15 is 0 Å². The van der Waals surface area contributed by atoms with Crippen molar-refractivity contribution in [1.82, 2.24) is 4.98 Å². The second-order valence-corrected chi connectivity index (χ2v) is 4.53. The van der Waals surface area contributed by atoms with Gasteiger partial charge in [0, 0.05) is 11.8 Å². The van der Waals surface area contributed by atoms with Gasteiger partial charge >= 0.3 is 0 Å². The van der Waals surface area contributed by atoms with Crippen molar-refractivity contribution in [3.63, 3.8) is 0 Å². The van der Waals surface area contributed by atoms with E-state index in [4.69, 9.17) is 26.3 Å². The Labute approximate surface area is 128 Å². The molecule has 1 aromatic heterocycles. The Hall–Kier alpha value is -2.25. The molecule has 0 saturated carbocycles.